The Balaban J connectivity index is 2.08. The van der Waals surface area contributed by atoms with Crippen LogP contribution in [-0.4, -0.2) is 20.7 Å². The Morgan fingerprint density at radius 2 is 1.67 bits per heavy atom. The van der Waals surface area contributed by atoms with E-state index in [1.54, 1.807) is 24.3 Å². The predicted octanol–water partition coefficient (Wildman–Crippen LogP) is 3.24. The molecule has 0 heterocycles. The van der Waals surface area contributed by atoms with Crippen LogP contribution >= 0.6 is 11.6 Å². The number of benzene rings is 2. The summed E-state index contributed by atoms with van der Waals surface area (Å²) < 4.78 is 12.1. The van der Waals surface area contributed by atoms with Gasteiger partial charge in [0, 0.05) is 27.6 Å². The Hall–Kier alpha value is -2.05. The fourth-order valence-electron chi connectivity index (χ4n) is 1.64. The van der Waals surface area contributed by atoms with Gasteiger partial charge in [-0.2, -0.15) is 0 Å². The maximum atomic E-state index is 12.1. The molecule has 0 aliphatic heterocycles. The Bertz CT molecular complexity index is 698. The molecule has 0 amide bonds. The van der Waals surface area contributed by atoms with Crippen molar-refractivity contribution in [2.45, 2.75) is 4.90 Å². The third-order valence-corrected chi connectivity index (χ3v) is 4.31. The largest absolute Gasteiger partial charge is 0.293 e. The first-order chi connectivity index (χ1) is 9.97. The summed E-state index contributed by atoms with van der Waals surface area (Å²) in [4.78, 5) is 22.5. The van der Waals surface area contributed by atoms with Gasteiger partial charge in [0.05, 0.1) is 21.5 Å². The van der Waals surface area contributed by atoms with Crippen LogP contribution in [0.15, 0.2) is 53.4 Å². The maximum absolute atomic E-state index is 12.1. The van der Waals surface area contributed by atoms with Crippen LogP contribution in [0.1, 0.15) is 10.4 Å². The molecular weight excluding hydrogens is 314 g/mol. The molecule has 2 aromatic carbocycles. The lowest BCUT2D eigenvalue weighted by atomic mass is 10.1. The van der Waals surface area contributed by atoms with Gasteiger partial charge in [-0.25, -0.2) is 0 Å². The second-order valence-electron chi connectivity index (χ2n) is 4.17. The number of nitrogens with zero attached hydrogens (tertiary/aromatic N) is 1. The van der Waals surface area contributed by atoms with Crippen molar-refractivity contribution in [3.05, 3.63) is 69.2 Å². The van der Waals surface area contributed by atoms with Gasteiger partial charge < -0.3 is 0 Å². The Kier molecular flexibility index (Phi) is 4.82. The zero-order chi connectivity index (χ0) is 15.4. The summed E-state index contributed by atoms with van der Waals surface area (Å²) in [5.41, 5.74) is 0.202. The number of carbonyl (C=O) groups excluding carboxylic acids is 1. The van der Waals surface area contributed by atoms with Crippen molar-refractivity contribution < 1.29 is 13.9 Å². The van der Waals surface area contributed by atoms with Crippen LogP contribution in [0.2, 0.25) is 5.02 Å². The van der Waals surface area contributed by atoms with E-state index in [0.29, 0.717) is 15.5 Å². The minimum Gasteiger partial charge on any atom is -0.293 e. The number of nitro groups is 1. The van der Waals surface area contributed by atoms with E-state index in [0.717, 1.165) is 0 Å². The first-order valence-electron chi connectivity index (χ1n) is 5.89. The van der Waals surface area contributed by atoms with Gasteiger partial charge in [-0.05, 0) is 36.4 Å². The summed E-state index contributed by atoms with van der Waals surface area (Å²) >= 11 is 5.74. The lowest BCUT2D eigenvalue weighted by molar-refractivity contribution is -0.384. The standard InChI is InChI=1S/C14H10ClNO4S/c15-11-3-7-13(8-4-11)21(20)9-14(17)10-1-5-12(6-2-10)16(18)19/h1-8H,9H2. The highest BCUT2D eigenvalue weighted by Crippen LogP contribution is 2.15. The highest BCUT2D eigenvalue weighted by atomic mass is 35.5. The summed E-state index contributed by atoms with van der Waals surface area (Å²) in [5.74, 6) is -0.516. The normalized spacial score (nSPS) is 11.9. The van der Waals surface area contributed by atoms with E-state index in [-0.39, 0.29) is 17.2 Å². The molecule has 2 rings (SSSR count). The molecule has 1 atom stereocenters. The molecule has 7 heteroatoms. The molecule has 1 unspecified atom stereocenters. The summed E-state index contributed by atoms with van der Waals surface area (Å²) in [6, 6.07) is 11.6. The van der Waals surface area contributed by atoms with Crippen molar-refractivity contribution in [2.75, 3.05) is 5.75 Å². The monoisotopic (exact) mass is 323 g/mol. The van der Waals surface area contributed by atoms with Gasteiger partial charge in [0.25, 0.3) is 5.69 Å². The minimum atomic E-state index is -1.48. The topological polar surface area (TPSA) is 77.3 Å². The average Bonchev–Trinajstić information content (AvgIpc) is 2.47. The van der Waals surface area contributed by atoms with E-state index in [2.05, 4.69) is 0 Å². The second-order valence-corrected chi connectivity index (χ2v) is 6.06. The Morgan fingerprint density at radius 3 is 2.19 bits per heavy atom. The highest BCUT2D eigenvalue weighted by molar-refractivity contribution is 7.85. The maximum Gasteiger partial charge on any atom is 0.269 e. The van der Waals surface area contributed by atoms with Crippen molar-refractivity contribution in [1.82, 2.24) is 0 Å². The summed E-state index contributed by atoms with van der Waals surface area (Å²) in [5, 5.41) is 11.1. The third-order valence-electron chi connectivity index (χ3n) is 2.74. The number of ketones is 1. The fourth-order valence-corrected chi connectivity index (χ4v) is 2.78. The van der Waals surface area contributed by atoms with Gasteiger partial charge in [0.1, 0.15) is 0 Å². The number of non-ortho nitro benzene ring substituents is 1. The fraction of sp³-hybridized carbons (Fsp3) is 0.0714. The van der Waals surface area contributed by atoms with Gasteiger partial charge in [-0.1, -0.05) is 11.6 Å². The van der Waals surface area contributed by atoms with Crippen molar-refractivity contribution in [3.8, 4) is 0 Å². The highest BCUT2D eigenvalue weighted by Gasteiger charge is 2.14. The molecular formula is C14H10ClNO4S. The molecule has 0 aromatic heterocycles. The number of hydrogen-bond donors (Lipinski definition) is 0. The van der Waals surface area contributed by atoms with Crippen LogP contribution < -0.4 is 0 Å². The lowest BCUT2D eigenvalue weighted by Crippen LogP contribution is -2.11. The van der Waals surface area contributed by atoms with Crippen molar-refractivity contribution in [3.63, 3.8) is 0 Å². The number of nitro benzene ring substituents is 1. The molecule has 0 saturated carbocycles. The molecule has 0 saturated heterocycles. The molecule has 0 aliphatic carbocycles. The number of halogens is 1. The van der Waals surface area contributed by atoms with Crippen molar-refractivity contribution in [2.24, 2.45) is 0 Å². The van der Waals surface area contributed by atoms with Crippen LogP contribution in [0.5, 0.6) is 0 Å². The summed E-state index contributed by atoms with van der Waals surface area (Å²) in [7, 11) is -1.48. The quantitative estimate of drug-likeness (QED) is 0.481. The van der Waals surface area contributed by atoms with E-state index < -0.39 is 15.7 Å². The molecule has 0 aliphatic rings. The number of carbonyl (C=O) groups is 1. The number of rotatable bonds is 5. The zero-order valence-electron chi connectivity index (χ0n) is 10.7. The van der Waals surface area contributed by atoms with E-state index in [9.17, 15) is 19.1 Å². The first kappa shape index (κ1) is 15.3. The van der Waals surface area contributed by atoms with Gasteiger partial charge in [0.2, 0.25) is 0 Å². The average molecular weight is 324 g/mol. The molecule has 0 N–H and O–H groups in total. The van der Waals surface area contributed by atoms with Crippen LogP contribution in [0.3, 0.4) is 0 Å². The van der Waals surface area contributed by atoms with E-state index in [1.165, 1.54) is 24.3 Å². The minimum absolute atomic E-state index is 0.0922. The SMILES string of the molecule is O=C(CS(=O)c1ccc(Cl)cc1)c1ccc([N+](=O)[O-])cc1. The zero-order valence-corrected chi connectivity index (χ0v) is 12.3. The van der Waals surface area contributed by atoms with Crippen molar-refractivity contribution >= 4 is 33.9 Å². The molecule has 108 valence electrons. The van der Waals surface area contributed by atoms with Crippen molar-refractivity contribution in [1.29, 1.82) is 0 Å². The third kappa shape index (κ3) is 3.96. The Labute approximate surface area is 128 Å². The van der Waals surface area contributed by atoms with Crippen LogP contribution in [0.25, 0.3) is 0 Å². The second kappa shape index (κ2) is 6.60. The van der Waals surface area contributed by atoms with E-state index in [4.69, 9.17) is 11.6 Å². The summed E-state index contributed by atoms with van der Waals surface area (Å²) in [6.45, 7) is 0. The number of hydrogen-bond acceptors (Lipinski definition) is 4. The molecule has 5 nitrogen and oxygen atoms in total. The van der Waals surface area contributed by atoms with Gasteiger partial charge >= 0.3 is 0 Å². The smallest absolute Gasteiger partial charge is 0.269 e. The van der Waals surface area contributed by atoms with Gasteiger partial charge in [-0.15, -0.1) is 0 Å². The molecule has 0 spiro atoms. The van der Waals surface area contributed by atoms with Crippen LogP contribution in [-0.2, 0) is 10.8 Å². The molecule has 0 radical (unpaired) electrons. The number of Topliss-reactive ketones (excluding diaryl/α,β-unsaturated/α-hetero) is 1. The van der Waals surface area contributed by atoms with Crippen LogP contribution in [0.4, 0.5) is 5.69 Å². The lowest BCUT2D eigenvalue weighted by Gasteiger charge is -2.02. The van der Waals surface area contributed by atoms with E-state index in [1.807, 2.05) is 0 Å². The predicted molar refractivity (Wildman–Crippen MR) is 80.2 cm³/mol. The van der Waals surface area contributed by atoms with Gasteiger partial charge in [-0.3, -0.25) is 19.1 Å². The molecule has 0 fully saturated rings. The molecule has 21 heavy (non-hydrogen) atoms. The Morgan fingerprint density at radius 1 is 1.10 bits per heavy atom. The first-order valence-corrected chi connectivity index (χ1v) is 7.58. The van der Waals surface area contributed by atoms with E-state index >= 15 is 0 Å². The van der Waals surface area contributed by atoms with Gasteiger partial charge in [0.15, 0.2) is 5.78 Å². The van der Waals surface area contributed by atoms with Crippen LogP contribution in [0, 0.1) is 10.1 Å². The molecule has 0 bridgehead atoms. The molecule has 2 aromatic rings. The summed E-state index contributed by atoms with van der Waals surface area (Å²) in [6.07, 6.45) is 0.